The Bertz CT molecular complexity index is 1710. The van der Waals surface area contributed by atoms with Gasteiger partial charge in [-0.05, 0) is 0 Å². The third kappa shape index (κ3) is 4.47. The van der Waals surface area contributed by atoms with E-state index >= 15 is 0 Å². The summed E-state index contributed by atoms with van der Waals surface area (Å²) in [5, 5.41) is 0. The molecule has 192 valence electrons. The zero-order chi connectivity index (χ0) is 27.1. The van der Waals surface area contributed by atoms with Crippen molar-refractivity contribution in [2.24, 2.45) is 0 Å². The first kappa shape index (κ1) is 25.3. The summed E-state index contributed by atoms with van der Waals surface area (Å²) < 4.78 is 3.71. The van der Waals surface area contributed by atoms with Gasteiger partial charge in [0, 0.05) is 0 Å². The van der Waals surface area contributed by atoms with Crippen LogP contribution in [0.15, 0.2) is 143 Å². The Labute approximate surface area is 245 Å². The predicted octanol–water partition coefficient (Wildman–Crippen LogP) is 9.63. The molecule has 0 spiro atoms. The summed E-state index contributed by atoms with van der Waals surface area (Å²) in [5.41, 5.74) is 14.2. The first-order chi connectivity index (χ1) is 19.7. The van der Waals surface area contributed by atoms with Gasteiger partial charge in [-0.25, -0.2) is 0 Å². The van der Waals surface area contributed by atoms with E-state index in [1.54, 1.807) is 6.49 Å². The van der Waals surface area contributed by atoms with E-state index in [0.717, 1.165) is 6.42 Å². The van der Waals surface area contributed by atoms with E-state index in [1.165, 1.54) is 55.6 Å². The average Bonchev–Trinajstić information content (AvgIpc) is 3.60. The average molecular weight is 592 g/mol. The Morgan fingerprint density at radius 2 is 1.10 bits per heavy atom. The first-order valence-corrected chi connectivity index (χ1v) is 18.1. The SMILES string of the molecule is Cc1ccc2c(c1)[CH]([Zr]([C]1=C(c3ccccc3)C=CC1)=[C](c1ccccc1)c1ccccc1)c1cc(C)ccc1-2. The Balaban J connectivity index is 1.64. The Kier molecular flexibility index (Phi) is 6.78. The zero-order valence-corrected chi connectivity index (χ0v) is 25.5. The van der Waals surface area contributed by atoms with Gasteiger partial charge in [0.15, 0.2) is 0 Å². The van der Waals surface area contributed by atoms with Crippen LogP contribution in [0.25, 0.3) is 16.7 Å². The van der Waals surface area contributed by atoms with Crippen LogP contribution < -0.4 is 0 Å². The van der Waals surface area contributed by atoms with E-state index in [1.807, 2.05) is 0 Å². The quantitative estimate of drug-likeness (QED) is 0.191. The normalized spacial score (nSPS) is 13.8. The second-order valence-corrected chi connectivity index (χ2v) is 17.2. The van der Waals surface area contributed by atoms with E-state index in [4.69, 9.17) is 0 Å². The molecule has 0 nitrogen and oxygen atoms in total. The molecular weight excluding hydrogens is 560 g/mol. The molecule has 5 aromatic rings. The van der Waals surface area contributed by atoms with Crippen LogP contribution in [0, 0.1) is 13.8 Å². The van der Waals surface area contributed by atoms with Gasteiger partial charge in [0.2, 0.25) is 0 Å². The maximum absolute atomic E-state index is 2.78. The van der Waals surface area contributed by atoms with Crippen LogP contribution in [-0.4, -0.2) is 3.21 Å². The molecule has 0 unspecified atom stereocenters. The van der Waals surface area contributed by atoms with Gasteiger partial charge in [-0.3, -0.25) is 0 Å². The molecule has 1 heteroatoms. The van der Waals surface area contributed by atoms with Crippen LogP contribution in [-0.2, 0) is 21.3 Å². The number of hydrogen-bond donors (Lipinski definition) is 0. The minimum absolute atomic E-state index is 0.413. The number of rotatable bonds is 5. The van der Waals surface area contributed by atoms with Crippen LogP contribution in [0.4, 0.5) is 0 Å². The third-order valence-corrected chi connectivity index (χ3v) is 16.8. The van der Waals surface area contributed by atoms with Gasteiger partial charge in [0.05, 0.1) is 0 Å². The zero-order valence-electron chi connectivity index (χ0n) is 23.1. The van der Waals surface area contributed by atoms with Gasteiger partial charge in [-0.2, -0.15) is 0 Å². The molecule has 40 heavy (non-hydrogen) atoms. The summed E-state index contributed by atoms with van der Waals surface area (Å²) in [6.07, 6.45) is 5.86. The molecule has 0 aromatic heterocycles. The van der Waals surface area contributed by atoms with E-state index in [0.29, 0.717) is 3.63 Å². The molecule has 2 aliphatic carbocycles. The molecule has 0 heterocycles. The monoisotopic (exact) mass is 590 g/mol. The molecule has 0 saturated heterocycles. The third-order valence-electron chi connectivity index (χ3n) is 8.35. The van der Waals surface area contributed by atoms with Gasteiger partial charge in [-0.1, -0.05) is 0 Å². The van der Waals surface area contributed by atoms with Gasteiger partial charge in [-0.15, -0.1) is 0 Å². The second-order valence-electron chi connectivity index (χ2n) is 11.0. The Hall–Kier alpha value is -3.67. The number of allylic oxidation sites excluding steroid dienone is 4. The fourth-order valence-corrected chi connectivity index (χ4v) is 16.1. The van der Waals surface area contributed by atoms with Crippen LogP contribution in [0.3, 0.4) is 0 Å². The molecular formula is C39H32Zr. The van der Waals surface area contributed by atoms with E-state index in [2.05, 4.69) is 153 Å². The number of fused-ring (bicyclic) bond motifs is 3. The second kappa shape index (κ2) is 10.7. The van der Waals surface area contributed by atoms with Crippen molar-refractivity contribution in [3.05, 3.63) is 182 Å². The Morgan fingerprint density at radius 3 is 1.62 bits per heavy atom. The molecule has 0 amide bonds. The Morgan fingerprint density at radius 1 is 0.600 bits per heavy atom. The summed E-state index contributed by atoms with van der Waals surface area (Å²) in [6.45, 7) is 4.50. The van der Waals surface area contributed by atoms with Crippen LogP contribution in [0.1, 0.15) is 49.0 Å². The summed E-state index contributed by atoms with van der Waals surface area (Å²) in [6, 6.07) is 47.9. The number of benzene rings is 5. The van der Waals surface area contributed by atoms with Crippen molar-refractivity contribution in [3.63, 3.8) is 0 Å². The number of hydrogen-bond acceptors (Lipinski definition) is 0. The molecule has 7 rings (SSSR count). The van der Waals surface area contributed by atoms with Crippen LogP contribution in [0.5, 0.6) is 0 Å². The predicted molar refractivity (Wildman–Crippen MR) is 166 cm³/mol. The van der Waals surface area contributed by atoms with Gasteiger partial charge in [0.25, 0.3) is 0 Å². The molecule has 0 N–H and O–H groups in total. The molecule has 5 aromatic carbocycles. The van der Waals surface area contributed by atoms with Gasteiger partial charge < -0.3 is 0 Å². The topological polar surface area (TPSA) is 0 Å². The van der Waals surface area contributed by atoms with Crippen LogP contribution >= 0.6 is 0 Å². The van der Waals surface area contributed by atoms with Crippen molar-refractivity contribution in [1.29, 1.82) is 0 Å². The molecule has 0 aliphatic heterocycles. The molecule has 0 saturated carbocycles. The van der Waals surface area contributed by atoms with Crippen molar-refractivity contribution in [3.8, 4) is 11.1 Å². The molecule has 0 fully saturated rings. The first-order valence-electron chi connectivity index (χ1n) is 14.2. The van der Waals surface area contributed by atoms with Crippen molar-refractivity contribution >= 4 is 8.78 Å². The fourth-order valence-electron chi connectivity index (χ4n) is 6.62. The van der Waals surface area contributed by atoms with Crippen molar-refractivity contribution in [1.82, 2.24) is 0 Å². The minimum atomic E-state index is -2.78. The summed E-state index contributed by atoms with van der Waals surface area (Å²) in [5.74, 6) is 0. The van der Waals surface area contributed by atoms with Crippen LogP contribution in [0.2, 0.25) is 0 Å². The maximum atomic E-state index is 2.49. The fraction of sp³-hybridized carbons (Fsp3) is 0.103. The van der Waals surface area contributed by atoms with E-state index < -0.39 is 21.3 Å². The van der Waals surface area contributed by atoms with Gasteiger partial charge in [0.1, 0.15) is 0 Å². The molecule has 0 atom stereocenters. The van der Waals surface area contributed by atoms with Crippen molar-refractivity contribution in [2.75, 3.05) is 0 Å². The van der Waals surface area contributed by atoms with E-state index in [-0.39, 0.29) is 0 Å². The molecule has 0 radical (unpaired) electrons. The van der Waals surface area contributed by atoms with Gasteiger partial charge >= 0.3 is 247 Å². The van der Waals surface area contributed by atoms with Crippen molar-refractivity contribution < 1.29 is 21.3 Å². The summed E-state index contributed by atoms with van der Waals surface area (Å²) in [4.78, 5) is 0. The summed E-state index contributed by atoms with van der Waals surface area (Å²) in [7, 11) is 0. The summed E-state index contributed by atoms with van der Waals surface area (Å²) >= 11 is -2.78. The molecule has 0 bridgehead atoms. The number of aryl methyl sites for hydroxylation is 2. The standard InChI is InChI=1S/C15H13.C13H10.C11H9.Zr/c1-10-3-5-14-12(7-10)9-13-8-11(2)4-6-15(13)14;1-3-7-12(8-4-1)11-13-9-5-2-6-10-13;1-2-6-10(7-3-1)11-8-4-5-9-11;/h3-9H,1-2H3;1-10H;1-4,6-8H,5H2;. The van der Waals surface area contributed by atoms with E-state index in [9.17, 15) is 0 Å². The van der Waals surface area contributed by atoms with Crippen molar-refractivity contribution in [2.45, 2.75) is 23.9 Å². The molecule has 2 aliphatic rings.